The molecule has 0 aliphatic heterocycles. The van der Waals surface area contributed by atoms with Crippen molar-refractivity contribution in [2.75, 3.05) is 6.26 Å². The van der Waals surface area contributed by atoms with E-state index >= 15 is 0 Å². The largest absolute Gasteiger partial charge is 0.507 e. The molecule has 0 radical (unpaired) electrons. The Hall–Kier alpha value is -1.36. The van der Waals surface area contributed by atoms with Gasteiger partial charge in [0, 0.05) is 12.7 Å². The third-order valence-corrected chi connectivity index (χ3v) is 3.02. The quantitative estimate of drug-likeness (QED) is 0.835. The first-order valence-corrected chi connectivity index (χ1v) is 6.21. The Kier molecular flexibility index (Phi) is 3.14. The molecule has 1 aromatic rings. The summed E-state index contributed by atoms with van der Waals surface area (Å²) < 4.78 is 22.3. The van der Waals surface area contributed by atoms with Crippen LogP contribution < -0.4 is 0 Å². The summed E-state index contributed by atoms with van der Waals surface area (Å²) in [6, 6.07) is 4.14. The van der Waals surface area contributed by atoms with Crippen molar-refractivity contribution in [3.05, 3.63) is 23.8 Å². The van der Waals surface area contributed by atoms with Gasteiger partial charge in [0.1, 0.15) is 16.4 Å². The molecular weight excluding hydrogens is 216 g/mol. The van der Waals surface area contributed by atoms with Gasteiger partial charge in [-0.3, -0.25) is 4.79 Å². The van der Waals surface area contributed by atoms with E-state index in [9.17, 15) is 18.3 Å². The second kappa shape index (κ2) is 4.02. The summed E-state index contributed by atoms with van der Waals surface area (Å²) >= 11 is 0. The fourth-order valence-electron chi connectivity index (χ4n) is 1.27. The van der Waals surface area contributed by atoms with Crippen LogP contribution in [0.15, 0.2) is 23.1 Å². The van der Waals surface area contributed by atoms with Crippen LogP contribution in [0.25, 0.3) is 0 Å². The molecule has 82 valence electrons. The topological polar surface area (TPSA) is 71.4 Å². The molecule has 0 heterocycles. The monoisotopic (exact) mass is 228 g/mol. The van der Waals surface area contributed by atoms with Crippen molar-refractivity contribution in [3.8, 4) is 5.75 Å². The Labute approximate surface area is 88.5 Å². The van der Waals surface area contributed by atoms with Crippen molar-refractivity contribution >= 4 is 15.6 Å². The van der Waals surface area contributed by atoms with Gasteiger partial charge in [0.05, 0.1) is 0 Å². The Morgan fingerprint density at radius 1 is 1.40 bits per heavy atom. The summed E-state index contributed by atoms with van der Waals surface area (Å²) in [4.78, 5) is 10.7. The summed E-state index contributed by atoms with van der Waals surface area (Å²) in [6.07, 6.45) is 1.21. The number of aromatic hydroxyl groups is 1. The molecule has 4 nitrogen and oxygen atoms in total. The van der Waals surface area contributed by atoms with E-state index < -0.39 is 9.84 Å². The molecule has 0 spiro atoms. The maximum atomic E-state index is 11.2. The van der Waals surface area contributed by atoms with Gasteiger partial charge in [-0.2, -0.15) is 0 Å². The van der Waals surface area contributed by atoms with E-state index in [1.54, 1.807) is 0 Å². The van der Waals surface area contributed by atoms with E-state index in [-0.39, 0.29) is 22.8 Å². The highest BCUT2D eigenvalue weighted by molar-refractivity contribution is 7.90. The van der Waals surface area contributed by atoms with E-state index in [4.69, 9.17) is 0 Å². The fourth-order valence-corrected chi connectivity index (χ4v) is 2.03. The molecule has 1 aromatic carbocycles. The number of hydrogen-bond donors (Lipinski definition) is 1. The van der Waals surface area contributed by atoms with Gasteiger partial charge in [0.25, 0.3) is 0 Å². The first-order chi connectivity index (χ1) is 6.80. The highest BCUT2D eigenvalue weighted by atomic mass is 32.2. The molecule has 0 aliphatic rings. The minimum absolute atomic E-state index is 0.0403. The van der Waals surface area contributed by atoms with Gasteiger partial charge >= 0.3 is 0 Å². The molecule has 0 unspecified atom stereocenters. The molecule has 0 saturated carbocycles. The molecule has 15 heavy (non-hydrogen) atoms. The van der Waals surface area contributed by atoms with Crippen LogP contribution in [0.3, 0.4) is 0 Å². The lowest BCUT2D eigenvalue weighted by molar-refractivity contribution is -0.116. The molecule has 1 N–H and O–H groups in total. The number of Topliss-reactive ketones (excluding diaryl/α,β-unsaturated/α-hetero) is 1. The van der Waals surface area contributed by atoms with Gasteiger partial charge in [0.2, 0.25) is 0 Å². The maximum Gasteiger partial charge on any atom is 0.179 e. The maximum absolute atomic E-state index is 11.2. The third kappa shape index (κ3) is 3.06. The lowest BCUT2D eigenvalue weighted by atomic mass is 10.1. The van der Waals surface area contributed by atoms with Crippen LogP contribution in [0.4, 0.5) is 0 Å². The van der Waals surface area contributed by atoms with Crippen molar-refractivity contribution in [1.29, 1.82) is 0 Å². The summed E-state index contributed by atoms with van der Waals surface area (Å²) in [5.74, 6) is -0.349. The molecule has 0 fully saturated rings. The average molecular weight is 228 g/mol. The fraction of sp³-hybridized carbons (Fsp3) is 0.300. The smallest absolute Gasteiger partial charge is 0.179 e. The third-order valence-electron chi connectivity index (χ3n) is 1.88. The number of rotatable bonds is 3. The normalized spacial score (nSPS) is 11.3. The van der Waals surface area contributed by atoms with Crippen molar-refractivity contribution in [1.82, 2.24) is 0 Å². The zero-order valence-corrected chi connectivity index (χ0v) is 9.34. The number of ketones is 1. The highest BCUT2D eigenvalue weighted by Crippen LogP contribution is 2.23. The number of carbonyl (C=O) groups excluding carboxylic acids is 1. The Balaban J connectivity index is 3.15. The second-order valence-corrected chi connectivity index (χ2v) is 5.44. The minimum atomic E-state index is -3.41. The zero-order valence-electron chi connectivity index (χ0n) is 8.52. The summed E-state index contributed by atoms with van der Waals surface area (Å²) in [5, 5.41) is 9.45. The number of hydrogen-bond acceptors (Lipinski definition) is 4. The summed E-state index contributed by atoms with van der Waals surface area (Å²) in [5.41, 5.74) is 0.604. The number of benzene rings is 1. The summed E-state index contributed by atoms with van der Waals surface area (Å²) in [6.45, 7) is 1.43. The van der Waals surface area contributed by atoms with Gasteiger partial charge in [-0.1, -0.05) is 6.07 Å². The molecule has 0 aliphatic carbocycles. The van der Waals surface area contributed by atoms with Gasteiger partial charge in [0.15, 0.2) is 9.84 Å². The molecule has 0 aromatic heterocycles. The highest BCUT2D eigenvalue weighted by Gasteiger charge is 2.13. The molecular formula is C10H12O4S. The van der Waals surface area contributed by atoms with Crippen LogP contribution >= 0.6 is 0 Å². The number of phenols is 1. The van der Waals surface area contributed by atoms with Crippen molar-refractivity contribution in [2.24, 2.45) is 0 Å². The van der Waals surface area contributed by atoms with Crippen molar-refractivity contribution < 1.29 is 18.3 Å². The lowest BCUT2D eigenvalue weighted by Gasteiger charge is -2.04. The van der Waals surface area contributed by atoms with Gasteiger partial charge in [-0.25, -0.2) is 8.42 Å². The van der Waals surface area contributed by atoms with Crippen molar-refractivity contribution in [2.45, 2.75) is 18.2 Å². The minimum Gasteiger partial charge on any atom is -0.507 e. The van der Waals surface area contributed by atoms with E-state index in [2.05, 4.69) is 0 Å². The standard InChI is InChI=1S/C10H12O4S/c1-7(11)5-8-3-4-10(9(12)6-8)15(2,13)14/h3-4,6,12H,5H2,1-2H3. The molecule has 0 atom stereocenters. The lowest BCUT2D eigenvalue weighted by Crippen LogP contribution is -2.00. The van der Waals surface area contributed by atoms with E-state index in [0.717, 1.165) is 6.26 Å². The second-order valence-electron chi connectivity index (χ2n) is 3.45. The van der Waals surface area contributed by atoms with Gasteiger partial charge in [-0.05, 0) is 24.6 Å². The number of sulfone groups is 1. The molecule has 0 saturated heterocycles. The van der Waals surface area contributed by atoms with Crippen LogP contribution in [-0.2, 0) is 21.1 Å². The van der Waals surface area contributed by atoms with E-state index in [1.165, 1.54) is 25.1 Å². The first kappa shape index (κ1) is 11.7. The van der Waals surface area contributed by atoms with Gasteiger partial charge in [-0.15, -0.1) is 0 Å². The number of carbonyl (C=O) groups is 1. The predicted molar refractivity (Wildman–Crippen MR) is 55.6 cm³/mol. The van der Waals surface area contributed by atoms with Crippen LogP contribution in [-0.4, -0.2) is 25.6 Å². The van der Waals surface area contributed by atoms with Crippen LogP contribution in [0.5, 0.6) is 5.75 Å². The average Bonchev–Trinajstić information content (AvgIpc) is 1.99. The van der Waals surface area contributed by atoms with Crippen LogP contribution in [0.2, 0.25) is 0 Å². The van der Waals surface area contributed by atoms with Gasteiger partial charge < -0.3 is 5.11 Å². The molecule has 5 heteroatoms. The molecule has 0 bridgehead atoms. The zero-order chi connectivity index (χ0) is 11.6. The SMILES string of the molecule is CC(=O)Cc1ccc(S(C)(=O)=O)c(O)c1. The van der Waals surface area contributed by atoms with E-state index in [0.29, 0.717) is 5.56 Å². The molecule has 1 rings (SSSR count). The summed E-state index contributed by atoms with van der Waals surface area (Å²) in [7, 11) is -3.41. The predicted octanol–water partition coefficient (Wildman–Crippen LogP) is 0.927. The number of phenolic OH excluding ortho intramolecular Hbond substituents is 1. The van der Waals surface area contributed by atoms with Crippen LogP contribution in [0, 0.1) is 0 Å². The first-order valence-electron chi connectivity index (χ1n) is 4.32. The Bertz CT molecular complexity index is 488. The Morgan fingerprint density at radius 2 is 2.00 bits per heavy atom. The Morgan fingerprint density at radius 3 is 2.40 bits per heavy atom. The van der Waals surface area contributed by atoms with E-state index in [1.807, 2.05) is 0 Å². The molecule has 0 amide bonds. The van der Waals surface area contributed by atoms with Crippen LogP contribution in [0.1, 0.15) is 12.5 Å². The van der Waals surface area contributed by atoms with Crippen molar-refractivity contribution in [3.63, 3.8) is 0 Å².